The van der Waals surface area contributed by atoms with E-state index in [9.17, 15) is 4.79 Å². The molecule has 0 saturated heterocycles. The fraction of sp³-hybridized carbons (Fsp3) is 0. The molecule has 0 bridgehead atoms. The molecule has 0 aliphatic rings. The first-order chi connectivity index (χ1) is 6.91. The quantitative estimate of drug-likeness (QED) is 0.425. The smallest absolute Gasteiger partial charge is 0.340 e. The monoisotopic (exact) mass is 528 g/mol. The summed E-state index contributed by atoms with van der Waals surface area (Å²) in [6.45, 7) is 0. The van der Waals surface area contributed by atoms with Crippen LogP contribution in [0.2, 0.25) is 0 Å². The van der Waals surface area contributed by atoms with E-state index in [1.807, 2.05) is 0 Å². The van der Waals surface area contributed by atoms with E-state index < -0.39 is 5.97 Å². The number of rotatable bonds is 2. The molecule has 1 aromatic carbocycles. The Hall–Kier alpha value is 0.890. The van der Waals surface area contributed by atoms with Crippen LogP contribution in [0.4, 0.5) is 0 Å². The summed E-state index contributed by atoms with van der Waals surface area (Å²) in [5.41, 5.74) is 0.0221. The van der Waals surface area contributed by atoms with Gasteiger partial charge in [0.05, 0.1) is 13.4 Å². The Labute approximate surface area is 128 Å². The predicted molar refractivity (Wildman–Crippen MR) is 73.8 cm³/mol. The molecular formula is C7HBr5O3. The van der Waals surface area contributed by atoms with Crippen LogP contribution in [-0.2, 0) is 0 Å². The highest BCUT2D eigenvalue weighted by atomic mass is 79.9. The van der Waals surface area contributed by atoms with Gasteiger partial charge in [0.1, 0.15) is 5.56 Å². The summed E-state index contributed by atoms with van der Waals surface area (Å²) >= 11 is 15.7. The maximum Gasteiger partial charge on any atom is 0.340 e. The van der Waals surface area contributed by atoms with Gasteiger partial charge in [-0.3, -0.25) is 0 Å². The van der Waals surface area contributed by atoms with E-state index in [0.717, 1.165) is 0 Å². The molecule has 8 heteroatoms. The fourth-order valence-corrected chi connectivity index (χ4v) is 3.75. The number of carboxylic acids is 1. The topological polar surface area (TPSA) is 46.5 Å². The van der Waals surface area contributed by atoms with Crippen molar-refractivity contribution < 1.29 is 13.7 Å². The van der Waals surface area contributed by atoms with Crippen LogP contribution in [0.15, 0.2) is 17.9 Å². The lowest BCUT2D eigenvalue weighted by atomic mass is 10.2. The molecule has 0 amide bonds. The molecule has 3 nitrogen and oxygen atoms in total. The molecule has 1 N–H and O–H groups in total. The van der Waals surface area contributed by atoms with Gasteiger partial charge in [0.25, 0.3) is 0 Å². The zero-order valence-corrected chi connectivity index (χ0v) is 14.6. The average Bonchev–Trinajstić information content (AvgIpc) is 2.19. The first-order valence-corrected chi connectivity index (χ1v) is 7.11. The number of aromatic carboxylic acids is 1. The summed E-state index contributed by atoms with van der Waals surface area (Å²) in [4.78, 5) is 11.0. The van der Waals surface area contributed by atoms with E-state index in [-0.39, 0.29) is 11.3 Å². The molecule has 0 atom stereocenters. The third-order valence-electron chi connectivity index (χ3n) is 1.52. The predicted octanol–water partition coefficient (Wildman–Crippen LogP) is 5.12. The van der Waals surface area contributed by atoms with Gasteiger partial charge in [-0.05, 0) is 63.7 Å². The van der Waals surface area contributed by atoms with Crippen molar-refractivity contribution in [2.24, 2.45) is 0 Å². The lowest BCUT2D eigenvalue weighted by molar-refractivity contribution is 0.0694. The second kappa shape index (κ2) is 5.48. The van der Waals surface area contributed by atoms with Crippen LogP contribution in [0.25, 0.3) is 0 Å². The fourth-order valence-electron chi connectivity index (χ4n) is 0.875. The molecule has 0 aromatic heterocycles. The van der Waals surface area contributed by atoms with Gasteiger partial charge in [0.15, 0.2) is 22.0 Å². The van der Waals surface area contributed by atoms with Crippen molar-refractivity contribution in [3.8, 4) is 5.75 Å². The van der Waals surface area contributed by atoms with Crippen molar-refractivity contribution in [2.75, 3.05) is 0 Å². The van der Waals surface area contributed by atoms with E-state index in [4.69, 9.17) is 8.93 Å². The Morgan fingerprint density at radius 1 is 1.00 bits per heavy atom. The third-order valence-corrected chi connectivity index (χ3v) is 6.57. The van der Waals surface area contributed by atoms with Crippen LogP contribution in [0, 0.1) is 0 Å². The van der Waals surface area contributed by atoms with Crippen molar-refractivity contribution >= 4 is 85.9 Å². The van der Waals surface area contributed by atoms with Crippen molar-refractivity contribution in [2.45, 2.75) is 0 Å². The van der Waals surface area contributed by atoms with Crippen LogP contribution in [0.1, 0.15) is 10.4 Å². The van der Waals surface area contributed by atoms with E-state index in [1.54, 1.807) is 0 Å². The van der Waals surface area contributed by atoms with Crippen molar-refractivity contribution in [3.05, 3.63) is 23.5 Å². The molecular weight excluding hydrogens is 532 g/mol. The minimum Gasteiger partial charge on any atom is -0.478 e. The van der Waals surface area contributed by atoms with Crippen LogP contribution in [0.3, 0.4) is 0 Å². The molecule has 0 aliphatic carbocycles. The van der Waals surface area contributed by atoms with Gasteiger partial charge in [-0.15, -0.1) is 0 Å². The number of benzene rings is 1. The standard InChI is InChI=1S/C7HBr5O3/c8-2-1(7(13)14)6(15-12)5(11)4(10)3(2)9/h(H,13,14). The molecule has 0 saturated carbocycles. The molecule has 82 valence electrons. The number of hydrogen-bond donors (Lipinski definition) is 1. The molecule has 15 heavy (non-hydrogen) atoms. The van der Waals surface area contributed by atoms with Crippen LogP contribution in [0.5, 0.6) is 5.75 Å². The Morgan fingerprint density at radius 3 is 1.87 bits per heavy atom. The summed E-state index contributed by atoms with van der Waals surface area (Å²) in [5.74, 6) is -0.908. The molecule has 1 rings (SSSR count). The zero-order valence-electron chi connectivity index (χ0n) is 6.65. The van der Waals surface area contributed by atoms with Gasteiger partial charge in [-0.1, -0.05) is 0 Å². The minimum atomic E-state index is -1.09. The van der Waals surface area contributed by atoms with Gasteiger partial charge < -0.3 is 8.93 Å². The Bertz CT molecular complexity index is 431. The molecule has 0 fully saturated rings. The first kappa shape index (κ1) is 14.0. The van der Waals surface area contributed by atoms with Gasteiger partial charge in [-0.2, -0.15) is 0 Å². The van der Waals surface area contributed by atoms with Crippen LogP contribution >= 0.6 is 80.0 Å². The number of hydrogen-bond acceptors (Lipinski definition) is 2. The maximum atomic E-state index is 11.0. The molecule has 0 aliphatic heterocycles. The average molecular weight is 533 g/mol. The second-order valence-electron chi connectivity index (χ2n) is 2.34. The number of carboxylic acid groups (broad SMARTS) is 1. The molecule has 1 aromatic rings. The highest BCUT2D eigenvalue weighted by Crippen LogP contribution is 2.46. The Balaban J connectivity index is 3.70. The molecule has 0 unspecified atom stereocenters. The highest BCUT2D eigenvalue weighted by Gasteiger charge is 2.24. The van der Waals surface area contributed by atoms with E-state index in [2.05, 4.69) is 80.0 Å². The van der Waals surface area contributed by atoms with E-state index >= 15 is 0 Å². The van der Waals surface area contributed by atoms with Crippen molar-refractivity contribution in [3.63, 3.8) is 0 Å². The largest absolute Gasteiger partial charge is 0.478 e. The highest BCUT2D eigenvalue weighted by molar-refractivity contribution is 9.15. The summed E-state index contributed by atoms with van der Waals surface area (Å²) in [6, 6.07) is 0. The summed E-state index contributed by atoms with van der Waals surface area (Å²) in [6.07, 6.45) is 0. The van der Waals surface area contributed by atoms with Crippen molar-refractivity contribution in [1.82, 2.24) is 0 Å². The number of halogens is 5. The van der Waals surface area contributed by atoms with Crippen LogP contribution < -0.4 is 3.83 Å². The Kier molecular flexibility index (Phi) is 5.10. The minimum absolute atomic E-state index is 0.0221. The molecule has 0 heterocycles. The van der Waals surface area contributed by atoms with Crippen molar-refractivity contribution in [1.29, 1.82) is 0 Å². The lowest BCUT2D eigenvalue weighted by Crippen LogP contribution is -2.02. The maximum absolute atomic E-state index is 11.0. The molecule has 0 spiro atoms. The Morgan fingerprint density at radius 2 is 1.47 bits per heavy atom. The van der Waals surface area contributed by atoms with E-state index in [0.29, 0.717) is 17.9 Å². The zero-order chi connectivity index (χ0) is 11.7. The summed E-state index contributed by atoms with van der Waals surface area (Å²) < 4.78 is 7.02. The van der Waals surface area contributed by atoms with Gasteiger partial charge in [0, 0.05) is 4.47 Å². The summed E-state index contributed by atoms with van der Waals surface area (Å²) in [7, 11) is 0. The molecule has 0 radical (unpaired) electrons. The third kappa shape index (κ3) is 2.59. The van der Waals surface area contributed by atoms with Crippen LogP contribution in [-0.4, -0.2) is 11.1 Å². The second-order valence-corrected chi connectivity index (χ2v) is 5.84. The summed E-state index contributed by atoms with van der Waals surface area (Å²) in [5, 5.41) is 9.03. The lowest BCUT2D eigenvalue weighted by Gasteiger charge is -2.11. The van der Waals surface area contributed by atoms with Gasteiger partial charge in [0.2, 0.25) is 0 Å². The first-order valence-electron chi connectivity index (χ1n) is 3.29. The number of carbonyl (C=O) groups is 1. The SMILES string of the molecule is O=C(O)c1c(Br)c(Br)c(Br)c(Br)c1OBr. The van der Waals surface area contributed by atoms with Gasteiger partial charge >= 0.3 is 5.97 Å². The van der Waals surface area contributed by atoms with E-state index in [1.165, 1.54) is 0 Å². The van der Waals surface area contributed by atoms with Gasteiger partial charge in [-0.25, -0.2) is 4.79 Å². The normalized spacial score (nSPS) is 10.2.